The third-order valence-corrected chi connectivity index (χ3v) is 5.59. The van der Waals surface area contributed by atoms with Crippen LogP contribution >= 0.6 is 0 Å². The standard InChI is InChI=1S/C23H26N2O3/c1-13(27-5)18-14(2)28-21(15-9-7-6-8-10-15)19-16(18)11-12-17-20(19)24-22(26)23(3,4)25-17/h6-7,9,11-12,21,25H,1,8,10H2,2-5H3,(H,24,26). The smallest absolute Gasteiger partial charge is 0.249 e. The van der Waals surface area contributed by atoms with Crippen molar-refractivity contribution in [2.45, 2.75) is 45.3 Å². The second-order valence-electron chi connectivity index (χ2n) is 7.92. The van der Waals surface area contributed by atoms with Crippen LogP contribution in [0.3, 0.4) is 0 Å². The molecule has 0 fully saturated rings. The van der Waals surface area contributed by atoms with Gasteiger partial charge in [-0.1, -0.05) is 30.9 Å². The minimum absolute atomic E-state index is 0.0666. The minimum Gasteiger partial charge on any atom is -0.497 e. The van der Waals surface area contributed by atoms with E-state index in [-0.39, 0.29) is 12.0 Å². The quantitative estimate of drug-likeness (QED) is 0.721. The molecule has 0 saturated carbocycles. The van der Waals surface area contributed by atoms with E-state index in [1.807, 2.05) is 26.8 Å². The lowest BCUT2D eigenvalue weighted by molar-refractivity contribution is -0.119. The van der Waals surface area contributed by atoms with Crippen LogP contribution in [0.15, 0.2) is 54.0 Å². The molecule has 2 aliphatic heterocycles. The average molecular weight is 378 g/mol. The topological polar surface area (TPSA) is 59.6 Å². The summed E-state index contributed by atoms with van der Waals surface area (Å²) in [5.41, 5.74) is 4.96. The molecule has 2 heterocycles. The van der Waals surface area contributed by atoms with Gasteiger partial charge in [0.1, 0.15) is 23.2 Å². The monoisotopic (exact) mass is 378 g/mol. The van der Waals surface area contributed by atoms with Crippen molar-refractivity contribution >= 4 is 22.9 Å². The maximum atomic E-state index is 12.7. The zero-order chi connectivity index (χ0) is 20.1. The Morgan fingerprint density at radius 2 is 2.14 bits per heavy atom. The van der Waals surface area contributed by atoms with Crippen molar-refractivity contribution in [2.24, 2.45) is 0 Å². The number of ether oxygens (including phenoxy) is 2. The highest BCUT2D eigenvalue weighted by molar-refractivity contribution is 6.07. The first-order chi connectivity index (χ1) is 13.3. The second-order valence-corrected chi connectivity index (χ2v) is 7.92. The molecule has 146 valence electrons. The van der Waals surface area contributed by atoms with E-state index in [1.54, 1.807) is 7.11 Å². The van der Waals surface area contributed by atoms with Crippen molar-refractivity contribution in [1.82, 2.24) is 0 Å². The number of benzene rings is 1. The molecule has 1 aromatic carbocycles. The summed E-state index contributed by atoms with van der Waals surface area (Å²) in [4.78, 5) is 12.7. The summed E-state index contributed by atoms with van der Waals surface area (Å²) >= 11 is 0. The first-order valence-electron chi connectivity index (χ1n) is 9.57. The number of hydrogen-bond donors (Lipinski definition) is 2. The van der Waals surface area contributed by atoms with Gasteiger partial charge in [-0.05, 0) is 50.8 Å². The van der Waals surface area contributed by atoms with E-state index in [2.05, 4.69) is 41.5 Å². The van der Waals surface area contributed by atoms with Crippen molar-refractivity contribution in [3.63, 3.8) is 0 Å². The lowest BCUT2D eigenvalue weighted by Crippen LogP contribution is -2.48. The van der Waals surface area contributed by atoms with E-state index in [9.17, 15) is 4.79 Å². The van der Waals surface area contributed by atoms with Gasteiger partial charge in [0, 0.05) is 5.56 Å². The Morgan fingerprint density at radius 3 is 2.82 bits per heavy atom. The fraction of sp³-hybridized carbons (Fsp3) is 0.348. The Hall–Kier alpha value is -2.95. The third-order valence-electron chi connectivity index (χ3n) is 5.59. The number of carbonyl (C=O) groups is 1. The summed E-state index contributed by atoms with van der Waals surface area (Å²) in [7, 11) is 1.60. The van der Waals surface area contributed by atoms with Crippen LogP contribution in [0, 0.1) is 0 Å². The molecular formula is C23H26N2O3. The van der Waals surface area contributed by atoms with Gasteiger partial charge in [0.2, 0.25) is 5.91 Å². The maximum Gasteiger partial charge on any atom is 0.249 e. The first-order valence-corrected chi connectivity index (χ1v) is 9.57. The van der Waals surface area contributed by atoms with Gasteiger partial charge in [-0.25, -0.2) is 0 Å². The Labute approximate surface area is 165 Å². The van der Waals surface area contributed by atoms with Crippen LogP contribution in [-0.2, 0) is 14.3 Å². The van der Waals surface area contributed by atoms with Gasteiger partial charge in [-0.3, -0.25) is 4.79 Å². The molecular weight excluding hydrogens is 352 g/mol. The highest BCUT2D eigenvalue weighted by Gasteiger charge is 2.39. The van der Waals surface area contributed by atoms with E-state index in [4.69, 9.17) is 9.47 Å². The summed E-state index contributed by atoms with van der Waals surface area (Å²) < 4.78 is 11.8. The van der Waals surface area contributed by atoms with Gasteiger partial charge in [0.15, 0.2) is 0 Å². The number of allylic oxidation sites excluding steroid dienone is 5. The largest absolute Gasteiger partial charge is 0.497 e. The van der Waals surface area contributed by atoms with Gasteiger partial charge >= 0.3 is 0 Å². The van der Waals surface area contributed by atoms with E-state index in [1.165, 1.54) is 5.57 Å². The molecule has 3 aliphatic rings. The molecule has 5 nitrogen and oxygen atoms in total. The van der Waals surface area contributed by atoms with Crippen LogP contribution in [0.4, 0.5) is 11.4 Å². The number of amides is 1. The molecule has 1 amide bonds. The number of rotatable bonds is 3. The van der Waals surface area contributed by atoms with E-state index >= 15 is 0 Å². The Kier molecular flexibility index (Phi) is 4.33. The van der Waals surface area contributed by atoms with Crippen molar-refractivity contribution in [3.05, 3.63) is 65.2 Å². The molecule has 0 aromatic heterocycles. The van der Waals surface area contributed by atoms with Crippen LogP contribution in [0.1, 0.15) is 50.8 Å². The SMILES string of the molecule is C=C(OC)C1=C(C)OC(C2=CC=CCC2)c2c1ccc1c2NC(=O)C(C)(C)N1. The molecule has 0 spiro atoms. The van der Waals surface area contributed by atoms with Crippen molar-refractivity contribution in [1.29, 1.82) is 0 Å². The third kappa shape index (κ3) is 2.82. The molecule has 0 saturated heterocycles. The van der Waals surface area contributed by atoms with E-state index in [0.717, 1.165) is 46.7 Å². The molecule has 1 aliphatic carbocycles. The van der Waals surface area contributed by atoms with Crippen LogP contribution in [0.25, 0.3) is 5.57 Å². The minimum atomic E-state index is -0.677. The summed E-state index contributed by atoms with van der Waals surface area (Å²) in [6, 6.07) is 4.07. The van der Waals surface area contributed by atoms with Gasteiger partial charge in [0.25, 0.3) is 0 Å². The molecule has 28 heavy (non-hydrogen) atoms. The molecule has 1 aromatic rings. The molecule has 5 heteroatoms. The van der Waals surface area contributed by atoms with Crippen LogP contribution in [-0.4, -0.2) is 18.6 Å². The summed E-state index contributed by atoms with van der Waals surface area (Å²) in [5.74, 6) is 1.25. The van der Waals surface area contributed by atoms with Gasteiger partial charge in [-0.2, -0.15) is 0 Å². The Bertz CT molecular complexity index is 966. The molecule has 4 rings (SSSR count). The summed E-state index contributed by atoms with van der Waals surface area (Å²) in [5, 5.41) is 6.48. The number of nitrogens with one attached hydrogen (secondary N) is 2. The Balaban J connectivity index is 1.95. The highest BCUT2D eigenvalue weighted by atomic mass is 16.5. The number of fused-ring (bicyclic) bond motifs is 3. The number of anilines is 2. The van der Waals surface area contributed by atoms with Gasteiger partial charge in [-0.15, -0.1) is 0 Å². The van der Waals surface area contributed by atoms with Gasteiger partial charge in [0.05, 0.1) is 24.1 Å². The fourth-order valence-electron chi connectivity index (χ4n) is 4.05. The Morgan fingerprint density at radius 1 is 1.36 bits per heavy atom. The van der Waals surface area contributed by atoms with Crippen LogP contribution in [0.5, 0.6) is 0 Å². The van der Waals surface area contributed by atoms with E-state index < -0.39 is 5.54 Å². The normalized spacial score (nSPS) is 22.2. The van der Waals surface area contributed by atoms with E-state index in [0.29, 0.717) is 5.76 Å². The predicted octanol–water partition coefficient (Wildman–Crippen LogP) is 5.07. The zero-order valence-corrected chi connectivity index (χ0v) is 16.8. The second kappa shape index (κ2) is 6.59. The number of hydrogen-bond acceptors (Lipinski definition) is 4. The molecule has 0 radical (unpaired) electrons. The van der Waals surface area contributed by atoms with Crippen molar-refractivity contribution < 1.29 is 14.3 Å². The summed E-state index contributed by atoms with van der Waals surface area (Å²) in [6.45, 7) is 9.72. The van der Waals surface area contributed by atoms with Crippen molar-refractivity contribution in [3.8, 4) is 0 Å². The predicted molar refractivity (Wildman–Crippen MR) is 112 cm³/mol. The maximum absolute atomic E-state index is 12.7. The van der Waals surface area contributed by atoms with Gasteiger partial charge < -0.3 is 20.1 Å². The number of carbonyl (C=O) groups excluding carboxylic acids is 1. The number of methoxy groups -OCH3 is 1. The fourth-order valence-corrected chi connectivity index (χ4v) is 4.05. The summed E-state index contributed by atoms with van der Waals surface area (Å²) in [6.07, 6.45) is 7.98. The average Bonchev–Trinajstić information content (AvgIpc) is 2.68. The zero-order valence-electron chi connectivity index (χ0n) is 16.8. The molecule has 1 unspecified atom stereocenters. The lowest BCUT2D eigenvalue weighted by Gasteiger charge is -2.38. The van der Waals surface area contributed by atoms with Crippen LogP contribution < -0.4 is 10.6 Å². The molecule has 1 atom stereocenters. The van der Waals surface area contributed by atoms with Crippen molar-refractivity contribution in [2.75, 3.05) is 17.7 Å². The lowest BCUT2D eigenvalue weighted by atomic mass is 9.83. The molecule has 2 N–H and O–H groups in total. The molecule has 0 bridgehead atoms. The van der Waals surface area contributed by atoms with Crippen LogP contribution in [0.2, 0.25) is 0 Å². The first kappa shape index (κ1) is 18.4. The highest BCUT2D eigenvalue weighted by Crippen LogP contribution is 2.50.